The molecule has 0 unspecified atom stereocenters. The zero-order chi connectivity index (χ0) is 25.1. The maximum Gasteiger partial charge on any atom is 0.335 e. The van der Waals surface area contributed by atoms with Gasteiger partial charge in [0, 0.05) is 4.47 Å². The van der Waals surface area contributed by atoms with Crippen LogP contribution in [0, 0.1) is 3.57 Å². The van der Waals surface area contributed by atoms with Gasteiger partial charge in [0.05, 0.1) is 21.4 Å². The number of nitrogens with one attached hydrogen (secondary N) is 1. The second-order valence-electron chi connectivity index (χ2n) is 7.36. The number of hydrogen-bond acceptors (Lipinski definition) is 5. The standard InChI is InChI=1S/C25H17BrClIN2O5/c1-34-21-12-15(11-19(28)22(21)35-13-14-6-8-16(26)9-7-14)10-17-23(31)29-25(33)30(24(17)32)20-5-3-2-4-18(20)27/h2-12H,13H2,1H3,(H,29,31,33)/b17-10+. The van der Waals surface area contributed by atoms with Crippen LogP contribution in [-0.4, -0.2) is 25.0 Å². The number of para-hydroxylation sites is 1. The van der Waals surface area contributed by atoms with E-state index in [-0.39, 0.29) is 16.3 Å². The fraction of sp³-hybridized carbons (Fsp3) is 0.0800. The number of amides is 4. The second-order valence-corrected chi connectivity index (χ2v) is 9.84. The molecule has 0 saturated carbocycles. The summed E-state index contributed by atoms with van der Waals surface area (Å²) in [6.45, 7) is 0.329. The van der Waals surface area contributed by atoms with Crippen molar-refractivity contribution in [1.82, 2.24) is 5.32 Å². The number of anilines is 1. The first-order chi connectivity index (χ1) is 16.8. The van der Waals surface area contributed by atoms with E-state index in [2.05, 4.69) is 43.8 Å². The Morgan fingerprint density at radius 2 is 1.80 bits per heavy atom. The predicted molar refractivity (Wildman–Crippen MR) is 145 cm³/mol. The van der Waals surface area contributed by atoms with Gasteiger partial charge in [-0.15, -0.1) is 0 Å². The third kappa shape index (κ3) is 5.52. The smallest absolute Gasteiger partial charge is 0.335 e. The molecule has 35 heavy (non-hydrogen) atoms. The van der Waals surface area contributed by atoms with Crippen molar-refractivity contribution in [2.24, 2.45) is 0 Å². The van der Waals surface area contributed by atoms with Gasteiger partial charge in [-0.2, -0.15) is 0 Å². The Morgan fingerprint density at radius 3 is 2.49 bits per heavy atom. The van der Waals surface area contributed by atoms with Gasteiger partial charge in [-0.1, -0.05) is 51.8 Å². The van der Waals surface area contributed by atoms with Crippen LogP contribution in [-0.2, 0) is 16.2 Å². The summed E-state index contributed by atoms with van der Waals surface area (Å²) in [5.74, 6) is -0.613. The third-order valence-electron chi connectivity index (χ3n) is 5.05. The average Bonchev–Trinajstić information content (AvgIpc) is 2.83. The van der Waals surface area contributed by atoms with E-state index >= 15 is 0 Å². The van der Waals surface area contributed by atoms with Crippen molar-refractivity contribution in [3.05, 3.63) is 90.4 Å². The summed E-state index contributed by atoms with van der Waals surface area (Å²) >= 11 is 11.7. The van der Waals surface area contributed by atoms with Crippen LogP contribution in [0.4, 0.5) is 10.5 Å². The second kappa shape index (κ2) is 10.8. The monoisotopic (exact) mass is 666 g/mol. The first-order valence-corrected chi connectivity index (χ1v) is 12.4. The number of halogens is 3. The number of ether oxygens (including phenoxy) is 2. The highest BCUT2D eigenvalue weighted by Crippen LogP contribution is 2.36. The van der Waals surface area contributed by atoms with Crippen molar-refractivity contribution in [3.63, 3.8) is 0 Å². The summed E-state index contributed by atoms with van der Waals surface area (Å²) < 4.78 is 13.2. The van der Waals surface area contributed by atoms with E-state index < -0.39 is 17.8 Å². The Bertz CT molecular complexity index is 1360. The molecule has 7 nitrogen and oxygen atoms in total. The minimum atomic E-state index is -0.867. The van der Waals surface area contributed by atoms with Gasteiger partial charge in [0.15, 0.2) is 11.5 Å². The normalized spacial score (nSPS) is 14.8. The van der Waals surface area contributed by atoms with Gasteiger partial charge >= 0.3 is 6.03 Å². The molecule has 4 rings (SSSR count). The zero-order valence-corrected chi connectivity index (χ0v) is 22.7. The van der Waals surface area contributed by atoms with Gasteiger partial charge < -0.3 is 9.47 Å². The van der Waals surface area contributed by atoms with E-state index in [1.54, 1.807) is 30.3 Å². The molecule has 1 heterocycles. The Morgan fingerprint density at radius 1 is 1.09 bits per heavy atom. The molecule has 0 bridgehead atoms. The maximum absolute atomic E-state index is 13.1. The first kappa shape index (κ1) is 25.2. The quantitative estimate of drug-likeness (QED) is 0.199. The summed E-state index contributed by atoms with van der Waals surface area (Å²) in [7, 11) is 1.51. The average molecular weight is 668 g/mol. The Kier molecular flexibility index (Phi) is 7.78. The van der Waals surface area contributed by atoms with E-state index in [4.69, 9.17) is 21.1 Å². The number of nitrogens with zero attached hydrogens (tertiary/aromatic N) is 1. The highest BCUT2D eigenvalue weighted by Gasteiger charge is 2.37. The molecule has 0 aromatic heterocycles. The van der Waals surface area contributed by atoms with Gasteiger partial charge in [0.1, 0.15) is 12.2 Å². The molecular weight excluding hydrogens is 651 g/mol. The van der Waals surface area contributed by atoms with Crippen LogP contribution < -0.4 is 19.7 Å². The molecule has 1 N–H and O–H groups in total. The fourth-order valence-electron chi connectivity index (χ4n) is 3.38. The molecule has 3 aromatic carbocycles. The van der Waals surface area contributed by atoms with Crippen molar-refractivity contribution >= 4 is 79.7 Å². The summed E-state index contributed by atoms with van der Waals surface area (Å²) in [5, 5.41) is 2.39. The van der Waals surface area contributed by atoms with Gasteiger partial charge in [0.25, 0.3) is 11.8 Å². The lowest BCUT2D eigenvalue weighted by atomic mass is 10.1. The van der Waals surface area contributed by atoms with Crippen molar-refractivity contribution in [3.8, 4) is 11.5 Å². The summed E-state index contributed by atoms with van der Waals surface area (Å²) in [4.78, 5) is 38.9. The molecule has 1 aliphatic rings. The SMILES string of the molecule is COc1cc(/C=C2\C(=O)NC(=O)N(c3ccccc3Cl)C2=O)cc(I)c1OCc1ccc(Br)cc1. The molecule has 4 amide bonds. The van der Waals surface area contributed by atoms with Crippen LogP contribution in [0.2, 0.25) is 5.02 Å². The molecule has 178 valence electrons. The highest BCUT2D eigenvalue weighted by atomic mass is 127. The van der Waals surface area contributed by atoms with E-state index in [1.165, 1.54) is 19.3 Å². The Labute approximate surface area is 228 Å². The van der Waals surface area contributed by atoms with Crippen LogP contribution in [0.3, 0.4) is 0 Å². The Balaban J connectivity index is 1.64. The summed E-state index contributed by atoms with van der Waals surface area (Å²) in [5.41, 5.74) is 1.46. The minimum Gasteiger partial charge on any atom is -0.493 e. The molecule has 0 spiro atoms. The van der Waals surface area contributed by atoms with Crippen molar-refractivity contribution < 1.29 is 23.9 Å². The van der Waals surface area contributed by atoms with E-state index in [1.807, 2.05) is 24.3 Å². The van der Waals surface area contributed by atoms with Gasteiger partial charge in [0.2, 0.25) is 0 Å². The topological polar surface area (TPSA) is 84.9 Å². The van der Waals surface area contributed by atoms with Crippen molar-refractivity contribution in [2.45, 2.75) is 6.61 Å². The molecule has 10 heteroatoms. The van der Waals surface area contributed by atoms with Crippen LogP contribution in [0.1, 0.15) is 11.1 Å². The summed E-state index contributed by atoms with van der Waals surface area (Å²) in [6.07, 6.45) is 1.40. The number of urea groups is 1. The van der Waals surface area contributed by atoms with Crippen molar-refractivity contribution in [2.75, 3.05) is 12.0 Å². The molecule has 1 fully saturated rings. The number of carbonyl (C=O) groups is 3. The molecule has 0 atom stereocenters. The third-order valence-corrected chi connectivity index (χ3v) is 6.70. The molecule has 1 aliphatic heterocycles. The zero-order valence-electron chi connectivity index (χ0n) is 18.2. The molecule has 0 radical (unpaired) electrons. The largest absolute Gasteiger partial charge is 0.493 e. The van der Waals surface area contributed by atoms with E-state index in [0.29, 0.717) is 27.2 Å². The fourth-order valence-corrected chi connectivity index (χ4v) is 4.64. The maximum atomic E-state index is 13.1. The van der Waals surface area contributed by atoms with Gasteiger partial charge in [-0.25, -0.2) is 9.69 Å². The van der Waals surface area contributed by atoms with E-state index in [0.717, 1.165) is 14.9 Å². The molecular formula is C25H17BrClIN2O5. The predicted octanol–water partition coefficient (Wildman–Crippen LogP) is 5.96. The molecule has 1 saturated heterocycles. The number of rotatable bonds is 6. The van der Waals surface area contributed by atoms with Crippen molar-refractivity contribution in [1.29, 1.82) is 0 Å². The lowest BCUT2D eigenvalue weighted by molar-refractivity contribution is -0.122. The highest BCUT2D eigenvalue weighted by molar-refractivity contribution is 14.1. The first-order valence-electron chi connectivity index (χ1n) is 10.2. The van der Waals surface area contributed by atoms with E-state index in [9.17, 15) is 14.4 Å². The Hall–Kier alpha value is -2.89. The number of barbiturate groups is 1. The summed E-state index contributed by atoms with van der Waals surface area (Å²) in [6, 6.07) is 16.7. The number of methoxy groups -OCH3 is 1. The number of hydrogen-bond donors (Lipinski definition) is 1. The lowest BCUT2D eigenvalue weighted by Crippen LogP contribution is -2.54. The van der Waals surface area contributed by atoms with Crippen LogP contribution >= 0.6 is 50.1 Å². The lowest BCUT2D eigenvalue weighted by Gasteiger charge is -2.27. The van der Waals surface area contributed by atoms with Gasteiger partial charge in [-0.3, -0.25) is 14.9 Å². The molecule has 3 aromatic rings. The number of carbonyl (C=O) groups excluding carboxylic acids is 3. The number of imide groups is 2. The minimum absolute atomic E-state index is 0.180. The molecule has 0 aliphatic carbocycles. The van der Waals surface area contributed by atoms with Crippen LogP contribution in [0.25, 0.3) is 6.08 Å². The number of benzene rings is 3. The van der Waals surface area contributed by atoms with Crippen LogP contribution in [0.5, 0.6) is 11.5 Å². The van der Waals surface area contributed by atoms with Crippen LogP contribution in [0.15, 0.2) is 70.7 Å². The van der Waals surface area contributed by atoms with Gasteiger partial charge in [-0.05, 0) is 76.2 Å².